The fourth-order valence-electron chi connectivity index (χ4n) is 4.68. The van der Waals surface area contributed by atoms with Crippen LogP contribution in [0.3, 0.4) is 0 Å². The van der Waals surface area contributed by atoms with Crippen LogP contribution in [0.1, 0.15) is 63.6 Å². The summed E-state index contributed by atoms with van der Waals surface area (Å²) < 4.78 is 11.1. The average Bonchev–Trinajstić information content (AvgIpc) is 3.18. The number of likely N-dealkylation sites (tertiary alicyclic amines) is 1. The predicted molar refractivity (Wildman–Crippen MR) is 146 cm³/mol. The van der Waals surface area contributed by atoms with E-state index in [0.717, 1.165) is 56.6 Å². The highest BCUT2D eigenvalue weighted by atomic mass is 16.5. The molecule has 0 aliphatic carbocycles. The van der Waals surface area contributed by atoms with E-state index in [1.807, 2.05) is 24.3 Å². The second-order valence-corrected chi connectivity index (χ2v) is 9.23. The van der Waals surface area contributed by atoms with Gasteiger partial charge in [0.2, 0.25) is 0 Å². The molecule has 1 N–H and O–H groups in total. The maximum Gasteiger partial charge on any atom is 0.295 e. The van der Waals surface area contributed by atoms with Crippen LogP contribution in [0.2, 0.25) is 0 Å². The standard InChI is InChI=1S/C30H40N2O5/c1-5-8-9-20-37-24-16-14-22(15-17-24)27-26(28(33)23-12-10-13-25(21-23)36-4)29(34)30(35)32(27)19-11-18-31(6-2)7-3/h10,12-17,21,27,33H,5-9,11,18-20H2,1-4H3/b28-26+. The number of carbonyl (C=O) groups is 2. The Kier molecular flexibility index (Phi) is 10.6. The molecule has 3 rings (SSSR count). The van der Waals surface area contributed by atoms with E-state index < -0.39 is 17.7 Å². The number of methoxy groups -OCH3 is 1. The molecule has 1 atom stereocenters. The third-order valence-electron chi connectivity index (χ3n) is 6.86. The number of ketones is 1. The van der Waals surface area contributed by atoms with Crippen LogP contribution >= 0.6 is 0 Å². The first kappa shape index (κ1) is 28.3. The van der Waals surface area contributed by atoms with E-state index in [2.05, 4.69) is 25.7 Å². The predicted octanol–water partition coefficient (Wildman–Crippen LogP) is 5.42. The first-order valence-electron chi connectivity index (χ1n) is 13.3. The van der Waals surface area contributed by atoms with E-state index in [0.29, 0.717) is 24.5 Å². The number of aliphatic hydroxyl groups excluding tert-OH is 1. The van der Waals surface area contributed by atoms with Crippen molar-refractivity contribution in [2.75, 3.05) is 39.9 Å². The molecule has 0 aromatic heterocycles. The molecule has 0 saturated carbocycles. The zero-order valence-electron chi connectivity index (χ0n) is 22.5. The van der Waals surface area contributed by atoms with Crippen LogP contribution in [-0.4, -0.2) is 66.5 Å². The minimum Gasteiger partial charge on any atom is -0.507 e. The lowest BCUT2D eigenvalue weighted by Crippen LogP contribution is -2.33. The first-order chi connectivity index (χ1) is 17.9. The minimum absolute atomic E-state index is 0.0951. The van der Waals surface area contributed by atoms with E-state index >= 15 is 0 Å². The molecule has 37 heavy (non-hydrogen) atoms. The second-order valence-electron chi connectivity index (χ2n) is 9.23. The van der Waals surface area contributed by atoms with E-state index in [4.69, 9.17) is 9.47 Å². The Bertz CT molecular complexity index is 1080. The second kappa shape index (κ2) is 13.8. The molecular weight excluding hydrogens is 468 g/mol. The quantitative estimate of drug-likeness (QED) is 0.159. The van der Waals surface area contributed by atoms with Gasteiger partial charge in [-0.2, -0.15) is 0 Å². The number of hydrogen-bond acceptors (Lipinski definition) is 6. The van der Waals surface area contributed by atoms with Crippen molar-refractivity contribution in [1.29, 1.82) is 0 Å². The molecule has 1 unspecified atom stereocenters. The van der Waals surface area contributed by atoms with Crippen LogP contribution in [-0.2, 0) is 9.59 Å². The Balaban J connectivity index is 1.96. The van der Waals surface area contributed by atoms with Crippen molar-refractivity contribution in [3.05, 3.63) is 65.2 Å². The number of carbonyl (C=O) groups excluding carboxylic acids is 2. The molecule has 2 aromatic rings. The molecule has 0 bridgehead atoms. The van der Waals surface area contributed by atoms with E-state index in [1.54, 1.807) is 36.3 Å². The van der Waals surface area contributed by atoms with E-state index in [1.165, 1.54) is 0 Å². The lowest BCUT2D eigenvalue weighted by Gasteiger charge is -2.27. The molecule has 2 aromatic carbocycles. The van der Waals surface area contributed by atoms with Gasteiger partial charge in [-0.1, -0.05) is 57.9 Å². The Morgan fingerprint density at radius 3 is 2.35 bits per heavy atom. The largest absolute Gasteiger partial charge is 0.507 e. The molecule has 1 aliphatic heterocycles. The number of rotatable bonds is 14. The van der Waals surface area contributed by atoms with Crippen LogP contribution in [0.4, 0.5) is 0 Å². The number of hydrogen-bond donors (Lipinski definition) is 1. The summed E-state index contributed by atoms with van der Waals surface area (Å²) in [5.41, 5.74) is 1.28. The molecule has 7 heteroatoms. The Morgan fingerprint density at radius 2 is 1.70 bits per heavy atom. The summed E-state index contributed by atoms with van der Waals surface area (Å²) in [6.45, 7) is 10.1. The molecule has 1 amide bonds. The SMILES string of the molecule is CCCCCOc1ccc(C2/C(=C(\O)c3cccc(OC)c3)C(=O)C(=O)N2CCCN(CC)CC)cc1. The van der Waals surface area contributed by atoms with Gasteiger partial charge in [-0.05, 0) is 62.3 Å². The molecule has 1 aliphatic rings. The molecule has 7 nitrogen and oxygen atoms in total. The number of aliphatic hydroxyl groups is 1. The summed E-state index contributed by atoms with van der Waals surface area (Å²) in [4.78, 5) is 30.4. The number of amides is 1. The molecule has 0 radical (unpaired) electrons. The zero-order chi connectivity index (χ0) is 26.8. The van der Waals surface area contributed by atoms with Gasteiger partial charge >= 0.3 is 0 Å². The number of Topliss-reactive ketones (excluding diaryl/α,β-unsaturated/α-hetero) is 1. The van der Waals surface area contributed by atoms with Crippen molar-refractivity contribution in [2.45, 2.75) is 52.5 Å². The van der Waals surface area contributed by atoms with Crippen molar-refractivity contribution >= 4 is 17.4 Å². The molecular formula is C30H40N2O5. The number of nitrogens with zero attached hydrogens (tertiary/aromatic N) is 2. The lowest BCUT2D eigenvalue weighted by molar-refractivity contribution is -0.140. The van der Waals surface area contributed by atoms with Gasteiger partial charge in [0.25, 0.3) is 11.7 Å². The van der Waals surface area contributed by atoms with Gasteiger partial charge in [0.1, 0.15) is 17.3 Å². The van der Waals surface area contributed by atoms with Crippen molar-refractivity contribution in [3.8, 4) is 11.5 Å². The summed E-state index contributed by atoms with van der Waals surface area (Å²) in [6, 6.07) is 13.7. The zero-order valence-corrected chi connectivity index (χ0v) is 22.5. The van der Waals surface area contributed by atoms with Crippen LogP contribution in [0.5, 0.6) is 11.5 Å². The van der Waals surface area contributed by atoms with Crippen LogP contribution in [0.15, 0.2) is 54.1 Å². The molecule has 0 spiro atoms. The maximum atomic E-state index is 13.3. The highest BCUT2D eigenvalue weighted by Gasteiger charge is 2.45. The summed E-state index contributed by atoms with van der Waals surface area (Å²) >= 11 is 0. The van der Waals surface area contributed by atoms with Gasteiger partial charge in [-0.25, -0.2) is 0 Å². The average molecular weight is 509 g/mol. The Morgan fingerprint density at radius 1 is 0.973 bits per heavy atom. The maximum absolute atomic E-state index is 13.3. The molecule has 1 heterocycles. The highest BCUT2D eigenvalue weighted by Crippen LogP contribution is 2.40. The third-order valence-corrected chi connectivity index (χ3v) is 6.86. The summed E-state index contributed by atoms with van der Waals surface area (Å²) in [5.74, 6) is -0.167. The van der Waals surface area contributed by atoms with E-state index in [-0.39, 0.29) is 11.3 Å². The smallest absolute Gasteiger partial charge is 0.295 e. The van der Waals surface area contributed by atoms with Crippen LogP contribution in [0, 0.1) is 0 Å². The Labute approximate surface area is 220 Å². The monoisotopic (exact) mass is 508 g/mol. The minimum atomic E-state index is -0.683. The van der Waals surface area contributed by atoms with Crippen LogP contribution < -0.4 is 9.47 Å². The summed E-state index contributed by atoms with van der Waals surface area (Å²) in [6.07, 6.45) is 3.96. The van der Waals surface area contributed by atoms with Gasteiger partial charge in [-0.15, -0.1) is 0 Å². The van der Waals surface area contributed by atoms with Crippen molar-refractivity contribution in [1.82, 2.24) is 9.80 Å². The summed E-state index contributed by atoms with van der Waals surface area (Å²) in [5, 5.41) is 11.3. The fourth-order valence-corrected chi connectivity index (χ4v) is 4.68. The van der Waals surface area contributed by atoms with Crippen LogP contribution in [0.25, 0.3) is 5.76 Å². The van der Waals surface area contributed by atoms with Gasteiger partial charge in [0, 0.05) is 12.1 Å². The van der Waals surface area contributed by atoms with Gasteiger partial charge in [-0.3, -0.25) is 9.59 Å². The van der Waals surface area contributed by atoms with Gasteiger partial charge < -0.3 is 24.4 Å². The number of ether oxygens (including phenoxy) is 2. The van der Waals surface area contributed by atoms with Crippen molar-refractivity contribution in [3.63, 3.8) is 0 Å². The molecule has 1 saturated heterocycles. The van der Waals surface area contributed by atoms with Gasteiger partial charge in [0.05, 0.1) is 25.3 Å². The molecule has 200 valence electrons. The number of unbranched alkanes of at least 4 members (excludes halogenated alkanes) is 2. The lowest BCUT2D eigenvalue weighted by atomic mass is 9.95. The third kappa shape index (κ3) is 6.92. The highest BCUT2D eigenvalue weighted by molar-refractivity contribution is 6.46. The van der Waals surface area contributed by atoms with E-state index in [9.17, 15) is 14.7 Å². The van der Waals surface area contributed by atoms with Gasteiger partial charge in [0.15, 0.2) is 0 Å². The number of benzene rings is 2. The first-order valence-corrected chi connectivity index (χ1v) is 13.3. The fraction of sp³-hybridized carbons (Fsp3) is 0.467. The summed E-state index contributed by atoms with van der Waals surface area (Å²) in [7, 11) is 1.54. The molecule has 1 fully saturated rings. The Hall–Kier alpha value is -3.32. The normalized spacial score (nSPS) is 17.0. The van der Waals surface area contributed by atoms with Crippen molar-refractivity contribution < 1.29 is 24.2 Å². The van der Waals surface area contributed by atoms with Crippen molar-refractivity contribution in [2.24, 2.45) is 0 Å². The topological polar surface area (TPSA) is 79.3 Å².